The predicted molar refractivity (Wildman–Crippen MR) is 167 cm³/mol. The Balaban J connectivity index is 0.000000254. The van der Waals surface area contributed by atoms with Gasteiger partial charge in [-0.3, -0.25) is 0 Å². The molecule has 4 heterocycles. The first-order chi connectivity index (χ1) is 18.7. The molecule has 4 aliphatic rings. The first-order valence-electron chi connectivity index (χ1n) is 14.2. The van der Waals surface area contributed by atoms with E-state index in [2.05, 4.69) is 114 Å². The topological polar surface area (TPSA) is 33.2 Å². The predicted octanol–water partition coefficient (Wildman–Crippen LogP) is 6.27. The standard InChI is InChI=1S/C9H15N.C8H13NO.C8H13N.C8H11N/c1-2-3-7-10-8-5-4-6-9-10;1-2-9-5-3-4-8(6-9)7-10;2*1-2-6-9-7-4-3-5-8-9/h4-6,8H,2-3,7,9H2,1H3;3-5,10H,2,6-7H2,1H3;3-5,7H,2,6,8H2,1H3;2-5,7H,1,6,8H2. The Morgan fingerprint density at radius 3 is 1.71 bits per heavy atom. The Morgan fingerprint density at radius 1 is 0.711 bits per heavy atom. The van der Waals surface area contributed by atoms with Crippen LogP contribution < -0.4 is 0 Å². The second-order valence-electron chi connectivity index (χ2n) is 9.28. The second-order valence-corrected chi connectivity index (χ2v) is 9.28. The Hall–Kier alpha value is -3.18. The number of aliphatic hydroxyl groups excluding tert-OH is 1. The van der Waals surface area contributed by atoms with Crippen LogP contribution in [0.2, 0.25) is 0 Å². The highest BCUT2D eigenvalue weighted by molar-refractivity contribution is 5.18. The highest BCUT2D eigenvalue weighted by Crippen LogP contribution is 2.05. The van der Waals surface area contributed by atoms with Gasteiger partial charge in [0.25, 0.3) is 0 Å². The van der Waals surface area contributed by atoms with Crippen molar-refractivity contribution in [1.29, 1.82) is 0 Å². The Labute approximate surface area is 233 Å². The fourth-order valence-corrected chi connectivity index (χ4v) is 3.79. The molecule has 0 aromatic carbocycles. The summed E-state index contributed by atoms with van der Waals surface area (Å²) in [7, 11) is 0. The average molecular weight is 521 g/mol. The van der Waals surface area contributed by atoms with Crippen LogP contribution in [0.1, 0.15) is 40.0 Å². The number of nitrogens with zero attached hydrogens (tertiary/aromatic N) is 4. The summed E-state index contributed by atoms with van der Waals surface area (Å²) in [5.74, 6) is 0. The van der Waals surface area contributed by atoms with Gasteiger partial charge in [-0.05, 0) is 74.4 Å². The van der Waals surface area contributed by atoms with E-state index in [9.17, 15) is 0 Å². The molecule has 0 aliphatic carbocycles. The Kier molecular flexibility index (Phi) is 19.9. The fourth-order valence-electron chi connectivity index (χ4n) is 3.79. The molecule has 0 bridgehead atoms. The maximum absolute atomic E-state index is 8.78. The van der Waals surface area contributed by atoms with E-state index in [-0.39, 0.29) is 6.61 Å². The highest BCUT2D eigenvalue weighted by Gasteiger charge is 2.03. The number of hydrogen-bond donors (Lipinski definition) is 1. The number of rotatable bonds is 9. The SMILES string of the molecule is C=CCN1C=CC=CC1.CCCCN1C=CC=CC1.CCCN1C=CC=CC1.CCN1C=CC=C(CO)C1. The molecule has 0 radical (unpaired) electrons. The molecule has 5 heteroatoms. The molecule has 0 atom stereocenters. The lowest BCUT2D eigenvalue weighted by Crippen LogP contribution is -2.22. The lowest BCUT2D eigenvalue weighted by molar-refractivity contribution is 0.309. The number of hydrogen-bond acceptors (Lipinski definition) is 5. The van der Waals surface area contributed by atoms with E-state index in [1.807, 2.05) is 30.5 Å². The van der Waals surface area contributed by atoms with Crippen molar-refractivity contribution in [1.82, 2.24) is 19.6 Å². The zero-order chi connectivity index (χ0) is 27.7. The number of allylic oxidation sites excluding steroid dienone is 8. The maximum atomic E-state index is 8.78. The molecule has 38 heavy (non-hydrogen) atoms. The summed E-state index contributed by atoms with van der Waals surface area (Å²) in [6.45, 7) is 18.8. The van der Waals surface area contributed by atoms with Gasteiger partial charge in [0, 0.05) is 52.4 Å². The van der Waals surface area contributed by atoms with Crippen molar-refractivity contribution in [2.45, 2.75) is 40.0 Å². The van der Waals surface area contributed by atoms with E-state index in [0.717, 1.165) is 44.8 Å². The molecule has 0 aromatic rings. The summed E-state index contributed by atoms with van der Waals surface area (Å²) in [5.41, 5.74) is 1.09. The van der Waals surface area contributed by atoms with Gasteiger partial charge in [-0.15, -0.1) is 6.58 Å². The van der Waals surface area contributed by atoms with Crippen LogP contribution in [0.5, 0.6) is 0 Å². The van der Waals surface area contributed by atoms with Crippen LogP contribution in [0.4, 0.5) is 0 Å². The molecule has 4 aliphatic heterocycles. The van der Waals surface area contributed by atoms with Crippen LogP contribution in [-0.2, 0) is 0 Å². The molecule has 0 spiro atoms. The molecule has 0 amide bonds. The van der Waals surface area contributed by atoms with Crippen molar-refractivity contribution in [3.63, 3.8) is 0 Å². The Bertz CT molecular complexity index is 845. The number of likely N-dealkylation sites (N-methyl/N-ethyl adjacent to an activating group) is 1. The van der Waals surface area contributed by atoms with Crippen molar-refractivity contribution in [2.75, 3.05) is 59.0 Å². The molecule has 0 unspecified atom stereocenters. The Morgan fingerprint density at radius 2 is 1.26 bits per heavy atom. The van der Waals surface area contributed by atoms with Crippen molar-refractivity contribution in [3.8, 4) is 0 Å². The highest BCUT2D eigenvalue weighted by atomic mass is 16.3. The molecule has 0 fully saturated rings. The van der Waals surface area contributed by atoms with Gasteiger partial charge in [-0.25, -0.2) is 0 Å². The van der Waals surface area contributed by atoms with E-state index >= 15 is 0 Å². The van der Waals surface area contributed by atoms with Gasteiger partial charge in [-0.2, -0.15) is 0 Å². The fraction of sp³-hybridized carbons (Fsp3) is 0.455. The van der Waals surface area contributed by atoms with Gasteiger partial charge in [-0.1, -0.05) is 68.9 Å². The summed E-state index contributed by atoms with van der Waals surface area (Å²) in [5, 5.41) is 8.78. The van der Waals surface area contributed by atoms with Crippen molar-refractivity contribution in [2.24, 2.45) is 0 Å². The van der Waals surface area contributed by atoms with Crippen LogP contribution in [-0.4, -0.2) is 83.7 Å². The molecular formula is C33H52N4O. The van der Waals surface area contributed by atoms with Gasteiger partial charge < -0.3 is 24.7 Å². The van der Waals surface area contributed by atoms with Gasteiger partial charge in [0.1, 0.15) is 0 Å². The average Bonchev–Trinajstić information content (AvgIpc) is 2.99. The first kappa shape index (κ1) is 32.8. The third-order valence-corrected chi connectivity index (χ3v) is 5.97. The molecule has 1 N–H and O–H groups in total. The quantitative estimate of drug-likeness (QED) is 0.363. The van der Waals surface area contributed by atoms with Gasteiger partial charge >= 0.3 is 0 Å². The van der Waals surface area contributed by atoms with Crippen LogP contribution >= 0.6 is 0 Å². The van der Waals surface area contributed by atoms with E-state index in [4.69, 9.17) is 5.11 Å². The van der Waals surface area contributed by atoms with Gasteiger partial charge in [0.05, 0.1) is 6.61 Å². The monoisotopic (exact) mass is 520 g/mol. The maximum Gasteiger partial charge on any atom is 0.0661 e. The summed E-state index contributed by atoms with van der Waals surface area (Å²) in [6.07, 6.45) is 37.0. The molecule has 210 valence electrons. The molecular weight excluding hydrogens is 468 g/mol. The minimum absolute atomic E-state index is 0.181. The number of aliphatic hydroxyl groups is 1. The minimum atomic E-state index is 0.181. The molecule has 0 aromatic heterocycles. The second kappa shape index (κ2) is 23.0. The van der Waals surface area contributed by atoms with Crippen molar-refractivity contribution in [3.05, 3.63) is 110 Å². The summed E-state index contributed by atoms with van der Waals surface area (Å²) in [4.78, 5) is 8.99. The zero-order valence-corrected chi connectivity index (χ0v) is 24.2. The van der Waals surface area contributed by atoms with E-state index < -0.39 is 0 Å². The smallest absolute Gasteiger partial charge is 0.0661 e. The molecule has 4 rings (SSSR count). The van der Waals surface area contributed by atoms with Crippen LogP contribution in [0.25, 0.3) is 0 Å². The zero-order valence-electron chi connectivity index (χ0n) is 24.2. The molecule has 0 saturated carbocycles. The van der Waals surface area contributed by atoms with E-state index in [1.165, 1.54) is 32.4 Å². The largest absolute Gasteiger partial charge is 0.392 e. The van der Waals surface area contributed by atoms with Gasteiger partial charge in [0.15, 0.2) is 0 Å². The lowest BCUT2D eigenvalue weighted by atomic mass is 10.2. The first-order valence-corrected chi connectivity index (χ1v) is 14.2. The number of unbranched alkanes of at least 4 members (excludes halogenated alkanes) is 1. The van der Waals surface area contributed by atoms with Gasteiger partial charge in [0.2, 0.25) is 0 Å². The van der Waals surface area contributed by atoms with Crippen molar-refractivity contribution < 1.29 is 5.11 Å². The summed E-state index contributed by atoms with van der Waals surface area (Å²) >= 11 is 0. The van der Waals surface area contributed by atoms with Crippen LogP contribution in [0.3, 0.4) is 0 Å². The molecule has 5 nitrogen and oxygen atoms in total. The van der Waals surface area contributed by atoms with E-state index in [1.54, 1.807) is 0 Å². The lowest BCUT2D eigenvalue weighted by Gasteiger charge is -2.21. The van der Waals surface area contributed by atoms with Crippen LogP contribution in [0.15, 0.2) is 110 Å². The summed E-state index contributed by atoms with van der Waals surface area (Å²) in [6, 6.07) is 0. The van der Waals surface area contributed by atoms with E-state index in [0.29, 0.717) is 0 Å². The van der Waals surface area contributed by atoms with Crippen LogP contribution in [0, 0.1) is 0 Å². The summed E-state index contributed by atoms with van der Waals surface area (Å²) < 4.78 is 0. The minimum Gasteiger partial charge on any atom is -0.392 e. The normalized spacial score (nSPS) is 16.7. The third kappa shape index (κ3) is 16.5. The van der Waals surface area contributed by atoms with Crippen molar-refractivity contribution >= 4 is 0 Å². The third-order valence-electron chi connectivity index (χ3n) is 5.97. The molecule has 0 saturated heterocycles.